The van der Waals surface area contributed by atoms with Crippen LogP contribution in [0.5, 0.6) is 23.3 Å². The van der Waals surface area contributed by atoms with Gasteiger partial charge < -0.3 is 14.2 Å². The summed E-state index contributed by atoms with van der Waals surface area (Å²) < 4.78 is 84.3. The average molecular weight is 554 g/mol. The second-order valence-electron chi connectivity index (χ2n) is 10.1. The number of rotatable bonds is 9. The average Bonchev–Trinajstić information content (AvgIpc) is 3.76. The number of hydrogen-bond donors (Lipinski definition) is 0. The lowest BCUT2D eigenvalue weighted by Crippen LogP contribution is -2.50. The van der Waals surface area contributed by atoms with Crippen LogP contribution >= 0.6 is 0 Å². The number of ether oxygens (including phenoxy) is 3. The molecule has 37 heavy (non-hydrogen) atoms. The molecule has 13 heteroatoms. The van der Waals surface area contributed by atoms with Gasteiger partial charge in [-0.25, -0.2) is 21.2 Å². The summed E-state index contributed by atoms with van der Waals surface area (Å²) in [5.74, 6) is -0.957. The van der Waals surface area contributed by atoms with E-state index >= 15 is 0 Å². The number of halogens is 1. The fourth-order valence-electron chi connectivity index (χ4n) is 5.38. The predicted molar refractivity (Wildman–Crippen MR) is 130 cm³/mol. The molecule has 2 saturated carbocycles. The summed E-state index contributed by atoms with van der Waals surface area (Å²) in [6.07, 6.45) is 6.25. The summed E-state index contributed by atoms with van der Waals surface area (Å²) in [7, 11) is -5.41. The third kappa shape index (κ3) is 4.54. The van der Waals surface area contributed by atoms with E-state index in [1.165, 1.54) is 25.6 Å². The zero-order chi connectivity index (χ0) is 25.9. The normalized spacial score (nSPS) is 26.2. The molecule has 2 aliphatic heterocycles. The van der Waals surface area contributed by atoms with Gasteiger partial charge >= 0.3 is 0 Å². The van der Waals surface area contributed by atoms with Crippen molar-refractivity contribution in [2.75, 3.05) is 7.11 Å². The fraction of sp³-hybridized carbons (Fsp3) is 0.583. The number of aromatic nitrogens is 2. The molecule has 2 saturated heterocycles. The number of fused-ring (bicyclic) bond motifs is 2. The standard InChI is InChI=1S/C24H28FN3O7S2/c1-33-22-23(34-16-10-14-2-3-15(11-16)28(14)37(31,32)18-6-7-18)26-13-27-24(22)35-21-9-8-19(12-20(21)25)36(29,30)17-4-5-17/h8-9,12-18H,2-7,10-11H2,1H3/t14-,15?,16+/m0/s1. The number of nitrogens with zero attached hydrogens (tertiary/aromatic N) is 3. The van der Waals surface area contributed by atoms with Crippen molar-refractivity contribution in [2.45, 2.75) is 84.9 Å². The molecule has 1 aromatic carbocycles. The minimum atomic E-state index is -3.54. The van der Waals surface area contributed by atoms with E-state index in [9.17, 15) is 21.2 Å². The van der Waals surface area contributed by atoms with E-state index in [0.717, 1.165) is 31.7 Å². The van der Waals surface area contributed by atoms with Gasteiger partial charge in [0.15, 0.2) is 21.4 Å². The van der Waals surface area contributed by atoms with E-state index in [2.05, 4.69) is 9.97 Å². The minimum Gasteiger partial charge on any atom is -0.487 e. The molecule has 4 aliphatic rings. The fourth-order valence-corrected chi connectivity index (χ4v) is 9.34. The number of sulfone groups is 1. The molecule has 3 heterocycles. The van der Waals surface area contributed by atoms with Crippen LogP contribution in [0, 0.1) is 5.82 Å². The van der Waals surface area contributed by atoms with Crippen LogP contribution < -0.4 is 14.2 Å². The molecular formula is C24H28FN3O7S2. The van der Waals surface area contributed by atoms with Crippen LogP contribution in [0.2, 0.25) is 0 Å². The van der Waals surface area contributed by atoms with Gasteiger partial charge in [-0.15, -0.1) is 0 Å². The number of benzene rings is 1. The molecule has 10 nitrogen and oxygen atoms in total. The van der Waals surface area contributed by atoms with Crippen molar-refractivity contribution in [3.8, 4) is 23.3 Å². The van der Waals surface area contributed by atoms with Crippen LogP contribution in [-0.2, 0) is 19.9 Å². The molecule has 1 unspecified atom stereocenters. The van der Waals surface area contributed by atoms with Crippen molar-refractivity contribution in [1.29, 1.82) is 0 Å². The Hall–Kier alpha value is -2.51. The zero-order valence-electron chi connectivity index (χ0n) is 20.2. The second kappa shape index (κ2) is 9.05. The van der Waals surface area contributed by atoms with Crippen LogP contribution in [0.1, 0.15) is 51.4 Å². The van der Waals surface area contributed by atoms with Gasteiger partial charge in [0.25, 0.3) is 11.8 Å². The maximum absolute atomic E-state index is 14.8. The molecule has 0 radical (unpaired) electrons. The maximum Gasteiger partial charge on any atom is 0.270 e. The van der Waals surface area contributed by atoms with Gasteiger partial charge in [0.1, 0.15) is 12.4 Å². The van der Waals surface area contributed by atoms with Crippen molar-refractivity contribution in [3.05, 3.63) is 30.3 Å². The summed E-state index contributed by atoms with van der Waals surface area (Å²) in [6.45, 7) is 0. The molecule has 200 valence electrons. The first-order valence-corrected chi connectivity index (χ1v) is 15.5. The Morgan fingerprint density at radius 1 is 0.919 bits per heavy atom. The Balaban J connectivity index is 1.19. The third-order valence-electron chi connectivity index (χ3n) is 7.48. The zero-order valence-corrected chi connectivity index (χ0v) is 21.9. The molecule has 2 aromatic rings. The lowest BCUT2D eigenvalue weighted by Gasteiger charge is -2.37. The molecule has 4 fully saturated rings. The summed E-state index contributed by atoms with van der Waals surface area (Å²) in [4.78, 5) is 8.15. The van der Waals surface area contributed by atoms with Gasteiger partial charge in [-0.1, -0.05) is 0 Å². The summed E-state index contributed by atoms with van der Waals surface area (Å²) in [5, 5.41) is -0.686. The first kappa shape index (κ1) is 24.8. The molecule has 0 amide bonds. The van der Waals surface area contributed by atoms with Crippen molar-refractivity contribution < 1.29 is 35.4 Å². The molecule has 1 aromatic heterocycles. The first-order valence-electron chi connectivity index (χ1n) is 12.5. The predicted octanol–water partition coefficient (Wildman–Crippen LogP) is 3.22. The maximum atomic E-state index is 14.8. The highest BCUT2D eigenvalue weighted by atomic mass is 32.2. The molecule has 6 rings (SSSR count). The van der Waals surface area contributed by atoms with Gasteiger partial charge in [0.2, 0.25) is 15.8 Å². The Morgan fingerprint density at radius 3 is 2.16 bits per heavy atom. The lowest BCUT2D eigenvalue weighted by atomic mass is 10.0. The van der Waals surface area contributed by atoms with Crippen molar-refractivity contribution in [1.82, 2.24) is 14.3 Å². The number of piperidine rings is 1. The Bertz CT molecular complexity index is 1410. The summed E-state index contributed by atoms with van der Waals surface area (Å²) in [6, 6.07) is 3.32. The summed E-state index contributed by atoms with van der Waals surface area (Å²) >= 11 is 0. The van der Waals surface area contributed by atoms with Crippen LogP contribution in [0.3, 0.4) is 0 Å². The second-order valence-corrected chi connectivity index (χ2v) is 14.5. The number of methoxy groups -OCH3 is 1. The van der Waals surface area contributed by atoms with Gasteiger partial charge in [-0.05, 0) is 56.7 Å². The third-order valence-corrected chi connectivity index (χ3v) is 12.2. The van der Waals surface area contributed by atoms with Crippen molar-refractivity contribution >= 4 is 19.9 Å². The highest BCUT2D eigenvalue weighted by Crippen LogP contribution is 2.45. The molecule has 2 bridgehead atoms. The van der Waals surface area contributed by atoms with Crippen LogP contribution in [0.4, 0.5) is 4.39 Å². The first-order chi connectivity index (χ1) is 17.7. The van der Waals surface area contributed by atoms with E-state index in [-0.39, 0.29) is 51.6 Å². The van der Waals surface area contributed by atoms with E-state index in [1.54, 1.807) is 4.31 Å². The Labute approximate surface area is 215 Å². The number of sulfonamides is 1. The van der Waals surface area contributed by atoms with Gasteiger partial charge in [0.05, 0.1) is 22.5 Å². The largest absolute Gasteiger partial charge is 0.487 e. The van der Waals surface area contributed by atoms with E-state index in [0.29, 0.717) is 25.7 Å². The Morgan fingerprint density at radius 2 is 1.57 bits per heavy atom. The minimum absolute atomic E-state index is 0.0666. The van der Waals surface area contributed by atoms with Gasteiger partial charge in [-0.2, -0.15) is 14.3 Å². The molecule has 0 spiro atoms. The van der Waals surface area contributed by atoms with Crippen molar-refractivity contribution in [2.24, 2.45) is 0 Å². The highest BCUT2D eigenvalue weighted by molar-refractivity contribution is 7.92. The SMILES string of the molecule is COc1c(Oc2ccc(S(=O)(=O)C3CC3)cc2F)ncnc1O[C@H]1CC2CC[C@@H](C1)N2S(=O)(=O)C1CC1. The van der Waals surface area contributed by atoms with Gasteiger partial charge in [-0.3, -0.25) is 0 Å². The molecule has 0 N–H and O–H groups in total. The molecule has 2 aliphatic carbocycles. The van der Waals surface area contributed by atoms with Crippen LogP contribution in [0.25, 0.3) is 0 Å². The van der Waals surface area contributed by atoms with Crippen molar-refractivity contribution in [3.63, 3.8) is 0 Å². The number of hydrogen-bond acceptors (Lipinski definition) is 9. The van der Waals surface area contributed by atoms with Crippen LogP contribution in [0.15, 0.2) is 29.4 Å². The molecule has 3 atom stereocenters. The topological polar surface area (TPSA) is 125 Å². The smallest absolute Gasteiger partial charge is 0.270 e. The monoisotopic (exact) mass is 553 g/mol. The van der Waals surface area contributed by atoms with E-state index < -0.39 is 30.9 Å². The Kier molecular flexibility index (Phi) is 6.07. The van der Waals surface area contributed by atoms with Crippen LogP contribution in [-0.4, -0.2) is 66.9 Å². The highest BCUT2D eigenvalue weighted by Gasteiger charge is 2.52. The lowest BCUT2D eigenvalue weighted by molar-refractivity contribution is 0.0881. The molecular weight excluding hydrogens is 525 g/mol. The van der Waals surface area contributed by atoms with E-state index in [1.807, 2.05) is 0 Å². The summed E-state index contributed by atoms with van der Waals surface area (Å²) in [5.41, 5.74) is 0. The quantitative estimate of drug-likeness (QED) is 0.460. The van der Waals surface area contributed by atoms with E-state index in [4.69, 9.17) is 14.2 Å². The van der Waals surface area contributed by atoms with Gasteiger partial charge in [0, 0.05) is 24.9 Å².